The summed E-state index contributed by atoms with van der Waals surface area (Å²) in [5, 5.41) is 2.71. The zero-order valence-electron chi connectivity index (χ0n) is 17.1. The zero-order chi connectivity index (χ0) is 22.4. The summed E-state index contributed by atoms with van der Waals surface area (Å²) in [6.45, 7) is 0.253. The van der Waals surface area contributed by atoms with Gasteiger partial charge in [0.25, 0.3) is 5.91 Å². The number of nitrogens with zero attached hydrogens (tertiary/aromatic N) is 1. The molecule has 3 aromatic carbocycles. The summed E-state index contributed by atoms with van der Waals surface area (Å²) >= 11 is 0. The van der Waals surface area contributed by atoms with Gasteiger partial charge < -0.3 is 10.1 Å². The Hall–Kier alpha value is -3.49. The summed E-state index contributed by atoms with van der Waals surface area (Å²) in [6, 6.07) is 21.3. The van der Waals surface area contributed by atoms with Crippen LogP contribution >= 0.6 is 0 Å². The van der Waals surface area contributed by atoms with Crippen molar-refractivity contribution in [2.24, 2.45) is 0 Å². The molecule has 8 heteroatoms. The molecule has 0 bridgehead atoms. The summed E-state index contributed by atoms with van der Waals surface area (Å²) in [7, 11) is -0.865. The third-order valence-electron chi connectivity index (χ3n) is 4.64. The number of methoxy groups -OCH3 is 1. The highest BCUT2D eigenvalue weighted by Crippen LogP contribution is 2.20. The minimum atomic E-state index is -3.67. The van der Waals surface area contributed by atoms with Crippen molar-refractivity contribution in [3.8, 4) is 0 Å². The summed E-state index contributed by atoms with van der Waals surface area (Å²) < 4.78 is 31.5. The van der Waals surface area contributed by atoms with Crippen molar-refractivity contribution in [3.63, 3.8) is 0 Å². The number of nitrogens with one attached hydrogen (secondary N) is 1. The van der Waals surface area contributed by atoms with E-state index in [1.807, 2.05) is 30.3 Å². The van der Waals surface area contributed by atoms with Crippen molar-refractivity contribution in [2.45, 2.75) is 11.4 Å². The number of amides is 1. The smallest absolute Gasteiger partial charge is 0.337 e. The fourth-order valence-electron chi connectivity index (χ4n) is 2.89. The molecule has 0 saturated heterocycles. The number of ether oxygens (including phenoxy) is 1. The number of anilines is 1. The molecule has 0 aliphatic heterocycles. The Morgan fingerprint density at radius 3 is 2.03 bits per heavy atom. The first kappa shape index (κ1) is 22.2. The monoisotopic (exact) mass is 438 g/mol. The summed E-state index contributed by atoms with van der Waals surface area (Å²) in [5.74, 6) is -0.866. The van der Waals surface area contributed by atoms with Crippen LogP contribution in [0.4, 0.5) is 5.69 Å². The summed E-state index contributed by atoms with van der Waals surface area (Å²) in [5.41, 5.74) is 2.03. The van der Waals surface area contributed by atoms with Gasteiger partial charge in [0.2, 0.25) is 10.0 Å². The molecule has 1 N–H and O–H groups in total. The predicted molar refractivity (Wildman–Crippen MR) is 117 cm³/mol. The molecular formula is C23H22N2O5S. The fraction of sp³-hybridized carbons (Fsp3) is 0.130. The van der Waals surface area contributed by atoms with Crippen LogP contribution < -0.4 is 5.32 Å². The Balaban J connectivity index is 1.67. The molecule has 0 fully saturated rings. The number of carbonyl (C=O) groups is 2. The van der Waals surface area contributed by atoms with Crippen LogP contribution in [0.25, 0.3) is 0 Å². The Morgan fingerprint density at radius 2 is 1.45 bits per heavy atom. The molecule has 0 aliphatic rings. The normalized spacial score (nSPS) is 11.2. The molecule has 0 saturated carbocycles. The lowest BCUT2D eigenvalue weighted by atomic mass is 10.1. The predicted octanol–water partition coefficient (Wildman–Crippen LogP) is 3.55. The molecule has 1 amide bonds. The third-order valence-corrected chi connectivity index (χ3v) is 6.45. The van der Waals surface area contributed by atoms with E-state index < -0.39 is 16.0 Å². The van der Waals surface area contributed by atoms with Gasteiger partial charge in [0.1, 0.15) is 0 Å². The lowest BCUT2D eigenvalue weighted by Gasteiger charge is -2.17. The van der Waals surface area contributed by atoms with E-state index in [2.05, 4.69) is 10.1 Å². The molecule has 0 atom stereocenters. The largest absolute Gasteiger partial charge is 0.465 e. The Labute approximate surface area is 181 Å². The molecule has 0 heterocycles. The van der Waals surface area contributed by atoms with Crippen molar-refractivity contribution in [1.29, 1.82) is 0 Å². The lowest BCUT2D eigenvalue weighted by Crippen LogP contribution is -2.26. The van der Waals surface area contributed by atoms with Crippen LogP contribution in [-0.4, -0.2) is 38.8 Å². The second-order valence-corrected chi connectivity index (χ2v) is 8.84. The average molecular weight is 439 g/mol. The highest BCUT2D eigenvalue weighted by atomic mass is 32.2. The number of sulfonamides is 1. The quantitative estimate of drug-likeness (QED) is 0.570. The van der Waals surface area contributed by atoms with Crippen molar-refractivity contribution >= 4 is 27.6 Å². The fourth-order valence-corrected chi connectivity index (χ4v) is 4.05. The Kier molecular flexibility index (Phi) is 6.84. The molecule has 3 rings (SSSR count). The molecule has 31 heavy (non-hydrogen) atoms. The van der Waals surface area contributed by atoms with E-state index in [9.17, 15) is 18.0 Å². The number of carbonyl (C=O) groups excluding carboxylic acids is 2. The second kappa shape index (κ2) is 9.55. The first-order valence-electron chi connectivity index (χ1n) is 9.41. The Morgan fingerprint density at radius 1 is 0.871 bits per heavy atom. The van der Waals surface area contributed by atoms with Crippen molar-refractivity contribution in [1.82, 2.24) is 4.31 Å². The summed E-state index contributed by atoms with van der Waals surface area (Å²) in [4.78, 5) is 24.0. The standard InChI is InChI=1S/C23H22N2O5S/c1-25(16-17-6-4-3-5-7-17)31(28,29)21-14-12-20(13-15-21)24-22(26)18-8-10-19(11-9-18)23(27)30-2/h3-15H,16H2,1-2H3,(H,24,26). The van der Waals surface area contributed by atoms with Gasteiger partial charge in [-0.2, -0.15) is 4.31 Å². The highest BCUT2D eigenvalue weighted by molar-refractivity contribution is 7.89. The van der Waals surface area contributed by atoms with E-state index in [4.69, 9.17) is 0 Å². The van der Waals surface area contributed by atoms with E-state index in [1.165, 1.54) is 67.0 Å². The van der Waals surface area contributed by atoms with Crippen LogP contribution in [0.2, 0.25) is 0 Å². The molecule has 0 spiro atoms. The lowest BCUT2D eigenvalue weighted by molar-refractivity contribution is 0.0600. The molecule has 0 aromatic heterocycles. The van der Waals surface area contributed by atoms with Gasteiger partial charge in [-0.25, -0.2) is 13.2 Å². The van der Waals surface area contributed by atoms with Crippen LogP contribution in [0.3, 0.4) is 0 Å². The second-order valence-electron chi connectivity index (χ2n) is 6.79. The van der Waals surface area contributed by atoms with E-state index in [0.29, 0.717) is 16.8 Å². The van der Waals surface area contributed by atoms with Gasteiger partial charge in [-0.3, -0.25) is 4.79 Å². The van der Waals surface area contributed by atoms with Gasteiger partial charge >= 0.3 is 5.97 Å². The number of hydrogen-bond donors (Lipinski definition) is 1. The van der Waals surface area contributed by atoms with Gasteiger partial charge in [0.05, 0.1) is 17.6 Å². The minimum absolute atomic E-state index is 0.131. The van der Waals surface area contributed by atoms with Crippen LogP contribution in [0.15, 0.2) is 83.8 Å². The molecule has 0 radical (unpaired) electrons. The first-order chi connectivity index (χ1) is 14.8. The van der Waals surface area contributed by atoms with Gasteiger partial charge in [-0.05, 0) is 54.1 Å². The molecule has 7 nitrogen and oxygen atoms in total. The summed E-state index contributed by atoms with van der Waals surface area (Å²) in [6.07, 6.45) is 0. The maximum atomic E-state index is 12.8. The molecule has 0 aliphatic carbocycles. The van der Waals surface area contributed by atoms with E-state index in [0.717, 1.165) is 5.56 Å². The zero-order valence-corrected chi connectivity index (χ0v) is 17.9. The van der Waals surface area contributed by atoms with Gasteiger partial charge in [-0.1, -0.05) is 30.3 Å². The van der Waals surface area contributed by atoms with E-state index >= 15 is 0 Å². The van der Waals surface area contributed by atoms with Crippen LogP contribution in [-0.2, 0) is 21.3 Å². The third kappa shape index (κ3) is 5.36. The van der Waals surface area contributed by atoms with Crippen LogP contribution in [0, 0.1) is 0 Å². The van der Waals surface area contributed by atoms with Crippen molar-refractivity contribution in [2.75, 3.05) is 19.5 Å². The molecule has 0 unspecified atom stereocenters. The number of benzene rings is 3. The minimum Gasteiger partial charge on any atom is -0.465 e. The topological polar surface area (TPSA) is 92.8 Å². The molecule has 3 aromatic rings. The molecule has 160 valence electrons. The SMILES string of the molecule is COC(=O)c1ccc(C(=O)Nc2ccc(S(=O)(=O)N(C)Cc3ccccc3)cc2)cc1. The molecular weight excluding hydrogens is 416 g/mol. The average Bonchev–Trinajstić information content (AvgIpc) is 2.79. The van der Waals surface area contributed by atoms with Gasteiger partial charge in [-0.15, -0.1) is 0 Å². The van der Waals surface area contributed by atoms with Crippen LogP contribution in [0.1, 0.15) is 26.3 Å². The maximum absolute atomic E-state index is 12.8. The van der Waals surface area contributed by atoms with E-state index in [1.54, 1.807) is 0 Å². The van der Waals surface area contributed by atoms with Crippen molar-refractivity contribution in [3.05, 3.63) is 95.6 Å². The Bertz CT molecular complexity index is 1160. The highest BCUT2D eigenvalue weighted by Gasteiger charge is 2.21. The van der Waals surface area contributed by atoms with Gasteiger partial charge in [0, 0.05) is 24.8 Å². The number of hydrogen-bond acceptors (Lipinski definition) is 5. The number of esters is 1. The van der Waals surface area contributed by atoms with Crippen molar-refractivity contribution < 1.29 is 22.7 Å². The number of rotatable bonds is 7. The van der Waals surface area contributed by atoms with Gasteiger partial charge in [0.15, 0.2) is 0 Å². The van der Waals surface area contributed by atoms with E-state index in [-0.39, 0.29) is 17.3 Å². The van der Waals surface area contributed by atoms with Crippen LogP contribution in [0.5, 0.6) is 0 Å². The maximum Gasteiger partial charge on any atom is 0.337 e. The first-order valence-corrected chi connectivity index (χ1v) is 10.9.